The van der Waals surface area contributed by atoms with Crippen molar-refractivity contribution >= 4 is 5.82 Å². The lowest BCUT2D eigenvalue weighted by Crippen LogP contribution is -2.38. The lowest BCUT2D eigenvalue weighted by Gasteiger charge is -2.39. The molecule has 1 aliphatic heterocycles. The van der Waals surface area contributed by atoms with Gasteiger partial charge in [0.2, 0.25) is 0 Å². The highest BCUT2D eigenvalue weighted by Gasteiger charge is 2.28. The van der Waals surface area contributed by atoms with Gasteiger partial charge in [-0.15, -0.1) is 0 Å². The third-order valence-electron chi connectivity index (χ3n) is 4.05. The summed E-state index contributed by atoms with van der Waals surface area (Å²) in [5.41, 5.74) is 6.88. The van der Waals surface area contributed by atoms with Crippen LogP contribution in [-0.4, -0.2) is 23.1 Å². The molecule has 17 heavy (non-hydrogen) atoms. The van der Waals surface area contributed by atoms with Crippen molar-refractivity contribution in [3.8, 4) is 0 Å². The fourth-order valence-corrected chi connectivity index (χ4v) is 2.25. The molecule has 1 aliphatic rings. The van der Waals surface area contributed by atoms with E-state index in [1.165, 1.54) is 19.3 Å². The Balaban J connectivity index is 2.00. The van der Waals surface area contributed by atoms with Crippen LogP contribution in [0.4, 0.5) is 5.82 Å². The highest BCUT2D eigenvalue weighted by Crippen LogP contribution is 2.34. The van der Waals surface area contributed by atoms with E-state index in [0.717, 1.165) is 24.6 Å². The fraction of sp³-hybridized carbons (Fsp3) is 0.692. The number of anilines is 1. The van der Waals surface area contributed by atoms with Crippen LogP contribution in [0.2, 0.25) is 0 Å². The third-order valence-corrected chi connectivity index (χ3v) is 4.05. The molecule has 2 heterocycles. The Morgan fingerprint density at radius 2 is 2.00 bits per heavy atom. The van der Waals surface area contributed by atoms with Gasteiger partial charge in [-0.25, -0.2) is 4.98 Å². The molecule has 94 valence electrons. The van der Waals surface area contributed by atoms with Crippen molar-refractivity contribution in [3.05, 3.63) is 18.1 Å². The summed E-state index contributed by atoms with van der Waals surface area (Å²) in [6, 6.07) is 0. The van der Waals surface area contributed by atoms with E-state index in [1.807, 2.05) is 6.20 Å². The number of nitrogens with two attached hydrogens (primary N) is 1. The van der Waals surface area contributed by atoms with E-state index in [9.17, 15) is 0 Å². The Kier molecular flexibility index (Phi) is 3.62. The predicted molar refractivity (Wildman–Crippen MR) is 69.8 cm³/mol. The van der Waals surface area contributed by atoms with Crippen LogP contribution in [0.1, 0.15) is 38.8 Å². The lowest BCUT2D eigenvalue weighted by molar-refractivity contribution is 0.237. The quantitative estimate of drug-likeness (QED) is 0.868. The maximum Gasteiger partial charge on any atom is 0.147 e. The molecule has 0 atom stereocenters. The Bertz CT molecular complexity index is 352. The number of hydrogen-bond donors (Lipinski definition) is 1. The zero-order valence-electron chi connectivity index (χ0n) is 10.8. The maximum absolute atomic E-state index is 5.52. The molecule has 4 heteroatoms. The minimum atomic E-state index is 0.460. The molecule has 2 N–H and O–H groups in total. The van der Waals surface area contributed by atoms with Crippen molar-refractivity contribution in [1.82, 2.24) is 9.97 Å². The molecule has 1 saturated heterocycles. The predicted octanol–water partition coefficient (Wildman–Crippen LogP) is 1.95. The molecule has 0 amide bonds. The van der Waals surface area contributed by atoms with E-state index in [0.29, 0.717) is 12.0 Å². The second-order valence-corrected chi connectivity index (χ2v) is 5.22. The van der Waals surface area contributed by atoms with Crippen LogP contribution in [0, 0.1) is 5.41 Å². The van der Waals surface area contributed by atoms with Gasteiger partial charge in [0.25, 0.3) is 0 Å². The highest BCUT2D eigenvalue weighted by atomic mass is 15.2. The van der Waals surface area contributed by atoms with E-state index < -0.39 is 0 Å². The zero-order valence-corrected chi connectivity index (χ0v) is 10.8. The molecular formula is C13H22N4. The molecule has 2 rings (SSSR count). The maximum atomic E-state index is 5.52. The molecule has 4 nitrogen and oxygen atoms in total. The molecule has 0 bridgehead atoms. The van der Waals surface area contributed by atoms with Crippen molar-refractivity contribution in [2.75, 3.05) is 18.0 Å². The molecule has 0 aliphatic carbocycles. The lowest BCUT2D eigenvalue weighted by atomic mass is 9.78. The molecule has 1 aromatic rings. The van der Waals surface area contributed by atoms with Gasteiger partial charge < -0.3 is 10.6 Å². The number of rotatable bonds is 3. The smallest absolute Gasteiger partial charge is 0.147 e. The van der Waals surface area contributed by atoms with Gasteiger partial charge in [0, 0.05) is 19.6 Å². The first kappa shape index (κ1) is 12.3. The normalized spacial score (nSPS) is 19.4. The first-order valence-electron chi connectivity index (χ1n) is 6.43. The Labute approximate surface area is 103 Å². The van der Waals surface area contributed by atoms with Gasteiger partial charge in [-0.2, -0.15) is 0 Å². The summed E-state index contributed by atoms with van der Waals surface area (Å²) < 4.78 is 0. The second-order valence-electron chi connectivity index (χ2n) is 5.22. The van der Waals surface area contributed by atoms with Crippen LogP contribution in [-0.2, 0) is 6.54 Å². The van der Waals surface area contributed by atoms with Gasteiger partial charge in [0.1, 0.15) is 5.82 Å². The van der Waals surface area contributed by atoms with Crippen LogP contribution in [0.15, 0.2) is 12.4 Å². The van der Waals surface area contributed by atoms with Crippen LogP contribution in [0.25, 0.3) is 0 Å². The van der Waals surface area contributed by atoms with Gasteiger partial charge in [-0.1, -0.05) is 20.3 Å². The summed E-state index contributed by atoms with van der Waals surface area (Å²) in [5.74, 6) is 0.986. The minimum absolute atomic E-state index is 0.460. The van der Waals surface area contributed by atoms with E-state index in [1.54, 1.807) is 6.20 Å². The average Bonchev–Trinajstić information content (AvgIpc) is 2.40. The summed E-state index contributed by atoms with van der Waals surface area (Å²) in [6.45, 7) is 7.29. The second kappa shape index (κ2) is 5.00. The first-order chi connectivity index (χ1) is 8.17. The molecule has 0 spiro atoms. The number of nitrogens with zero attached hydrogens (tertiary/aromatic N) is 3. The zero-order chi connectivity index (χ0) is 12.3. The van der Waals surface area contributed by atoms with E-state index in [-0.39, 0.29) is 0 Å². The van der Waals surface area contributed by atoms with Gasteiger partial charge in [0.05, 0.1) is 18.1 Å². The largest absolute Gasteiger partial charge is 0.355 e. The molecule has 0 unspecified atom stereocenters. The monoisotopic (exact) mass is 234 g/mol. The standard InChI is InChI=1S/C13H22N4/c1-3-13(2)4-6-17(7-5-13)12-10-15-11(8-14)9-16-12/h9-10H,3-8,14H2,1-2H3. The summed E-state index contributed by atoms with van der Waals surface area (Å²) in [7, 11) is 0. The van der Waals surface area contributed by atoms with E-state index >= 15 is 0 Å². The molecule has 0 saturated carbocycles. The van der Waals surface area contributed by atoms with Gasteiger partial charge >= 0.3 is 0 Å². The molecule has 0 radical (unpaired) electrons. The minimum Gasteiger partial charge on any atom is -0.355 e. The Morgan fingerprint density at radius 1 is 1.29 bits per heavy atom. The highest BCUT2D eigenvalue weighted by molar-refractivity contribution is 5.36. The van der Waals surface area contributed by atoms with Crippen molar-refractivity contribution in [2.24, 2.45) is 11.1 Å². The van der Waals surface area contributed by atoms with Crippen LogP contribution in [0.5, 0.6) is 0 Å². The Morgan fingerprint density at radius 3 is 2.47 bits per heavy atom. The summed E-state index contributed by atoms with van der Waals surface area (Å²) >= 11 is 0. The SMILES string of the molecule is CCC1(C)CCN(c2cnc(CN)cn2)CC1. The van der Waals surface area contributed by atoms with Crippen LogP contribution >= 0.6 is 0 Å². The fourth-order valence-electron chi connectivity index (χ4n) is 2.25. The van der Waals surface area contributed by atoms with Crippen molar-refractivity contribution in [1.29, 1.82) is 0 Å². The average molecular weight is 234 g/mol. The van der Waals surface area contributed by atoms with E-state index in [2.05, 4.69) is 28.7 Å². The van der Waals surface area contributed by atoms with E-state index in [4.69, 9.17) is 5.73 Å². The first-order valence-corrected chi connectivity index (χ1v) is 6.43. The summed E-state index contributed by atoms with van der Waals surface area (Å²) in [6.07, 6.45) is 7.37. The number of piperidine rings is 1. The molecular weight excluding hydrogens is 212 g/mol. The number of hydrogen-bond acceptors (Lipinski definition) is 4. The summed E-state index contributed by atoms with van der Waals surface area (Å²) in [5, 5.41) is 0. The molecule has 0 aromatic carbocycles. The third kappa shape index (κ3) is 2.75. The Hall–Kier alpha value is -1.16. The molecule has 1 aromatic heterocycles. The van der Waals surface area contributed by atoms with Gasteiger partial charge in [0.15, 0.2) is 0 Å². The van der Waals surface area contributed by atoms with Gasteiger partial charge in [-0.05, 0) is 18.3 Å². The van der Waals surface area contributed by atoms with Crippen molar-refractivity contribution < 1.29 is 0 Å². The summed E-state index contributed by atoms with van der Waals surface area (Å²) in [4.78, 5) is 11.1. The van der Waals surface area contributed by atoms with Crippen LogP contribution in [0.3, 0.4) is 0 Å². The van der Waals surface area contributed by atoms with Crippen molar-refractivity contribution in [2.45, 2.75) is 39.7 Å². The van der Waals surface area contributed by atoms with Crippen molar-refractivity contribution in [3.63, 3.8) is 0 Å². The topological polar surface area (TPSA) is 55.0 Å². The number of aromatic nitrogens is 2. The van der Waals surface area contributed by atoms with Crippen LogP contribution < -0.4 is 10.6 Å². The molecule has 1 fully saturated rings. The van der Waals surface area contributed by atoms with Gasteiger partial charge in [-0.3, -0.25) is 4.98 Å².